The molecule has 0 aliphatic rings. The fraction of sp³-hybridized carbons (Fsp3) is 0.167. The number of amides is 2. The van der Waals surface area contributed by atoms with Gasteiger partial charge in [-0.2, -0.15) is 0 Å². The average molecular weight is 362 g/mol. The second kappa shape index (κ2) is 8.70. The maximum Gasteiger partial charge on any atom is 0.326 e. The molecule has 2 amide bonds. The molecular weight excluding hydrogens is 346 g/mol. The van der Waals surface area contributed by atoms with Crippen molar-refractivity contribution in [1.29, 1.82) is 0 Å². The molecular formula is C18H16F2N2O4. The summed E-state index contributed by atoms with van der Waals surface area (Å²) in [6.45, 7) is 0.801. The van der Waals surface area contributed by atoms with Crippen LogP contribution in [0, 0.1) is 11.6 Å². The molecule has 0 unspecified atom stereocenters. The molecule has 2 rings (SSSR count). The third kappa shape index (κ3) is 5.37. The first-order chi connectivity index (χ1) is 12.4. The van der Waals surface area contributed by atoms with Gasteiger partial charge >= 0.3 is 5.97 Å². The summed E-state index contributed by atoms with van der Waals surface area (Å²) in [5.41, 5.74) is 0.00273. The van der Waals surface area contributed by atoms with Gasteiger partial charge in [-0.1, -0.05) is 18.2 Å². The summed E-state index contributed by atoms with van der Waals surface area (Å²) in [6, 6.07) is 10.5. The lowest BCUT2D eigenvalue weighted by atomic mass is 10.2. The van der Waals surface area contributed by atoms with Gasteiger partial charge in [0.2, 0.25) is 0 Å². The molecule has 2 aromatic rings. The highest BCUT2D eigenvalue weighted by molar-refractivity contribution is 5.97. The predicted molar refractivity (Wildman–Crippen MR) is 89.3 cm³/mol. The minimum atomic E-state index is -1.20. The molecule has 0 aliphatic carbocycles. The number of carbonyl (C=O) groups is 3. The Morgan fingerprint density at radius 2 is 1.81 bits per heavy atom. The Morgan fingerprint density at radius 1 is 1.08 bits per heavy atom. The molecule has 1 atom stereocenters. The van der Waals surface area contributed by atoms with E-state index in [1.165, 1.54) is 49.4 Å². The second-order valence-corrected chi connectivity index (χ2v) is 5.29. The van der Waals surface area contributed by atoms with Crippen molar-refractivity contribution in [2.45, 2.75) is 13.0 Å². The van der Waals surface area contributed by atoms with Gasteiger partial charge in [0.25, 0.3) is 11.8 Å². The van der Waals surface area contributed by atoms with Crippen LogP contribution in [0.1, 0.15) is 17.3 Å². The predicted octanol–water partition coefficient (Wildman–Crippen LogP) is 2.26. The standard InChI is InChI=1S/C18H16F2N2O4/c1-11(17(24)22-15-8-3-2-7-14(15)20)26-16(23)10-21-18(25)12-5-4-6-13(19)9-12/h2-9,11H,10H2,1H3,(H,21,25)(H,22,24)/t11-/m0/s1. The molecule has 6 nitrogen and oxygen atoms in total. The molecule has 0 saturated heterocycles. The molecule has 0 spiro atoms. The Morgan fingerprint density at radius 3 is 2.50 bits per heavy atom. The van der Waals surface area contributed by atoms with Crippen LogP contribution in [0.2, 0.25) is 0 Å². The Hall–Kier alpha value is -3.29. The SMILES string of the molecule is C[C@H](OC(=O)CNC(=O)c1cccc(F)c1)C(=O)Nc1ccccc1F. The van der Waals surface area contributed by atoms with Crippen LogP contribution in [0.25, 0.3) is 0 Å². The van der Waals surface area contributed by atoms with Gasteiger partial charge in [-0.3, -0.25) is 14.4 Å². The van der Waals surface area contributed by atoms with Crippen LogP contribution < -0.4 is 10.6 Å². The molecule has 2 N–H and O–H groups in total. The van der Waals surface area contributed by atoms with Gasteiger partial charge in [0, 0.05) is 5.56 Å². The summed E-state index contributed by atoms with van der Waals surface area (Å²) in [5.74, 6) is -3.46. The first-order valence-electron chi connectivity index (χ1n) is 7.65. The number of hydrogen-bond acceptors (Lipinski definition) is 4. The number of ether oxygens (including phenoxy) is 1. The summed E-state index contributed by atoms with van der Waals surface area (Å²) in [6.07, 6.45) is -1.20. The second-order valence-electron chi connectivity index (χ2n) is 5.29. The maximum absolute atomic E-state index is 13.5. The van der Waals surface area contributed by atoms with Crippen LogP contribution in [0.3, 0.4) is 0 Å². The van der Waals surface area contributed by atoms with Crippen molar-refractivity contribution in [2.75, 3.05) is 11.9 Å². The number of benzene rings is 2. The molecule has 2 aromatic carbocycles. The van der Waals surface area contributed by atoms with E-state index in [-0.39, 0.29) is 11.3 Å². The number of para-hydroxylation sites is 1. The van der Waals surface area contributed by atoms with E-state index in [0.29, 0.717) is 0 Å². The lowest BCUT2D eigenvalue weighted by molar-refractivity contribution is -0.152. The van der Waals surface area contributed by atoms with Gasteiger partial charge in [0.15, 0.2) is 6.10 Å². The molecule has 8 heteroatoms. The monoisotopic (exact) mass is 362 g/mol. The zero-order valence-electron chi connectivity index (χ0n) is 13.8. The quantitative estimate of drug-likeness (QED) is 0.772. The maximum atomic E-state index is 13.5. The van der Waals surface area contributed by atoms with Crippen LogP contribution in [0.5, 0.6) is 0 Å². The molecule has 0 heterocycles. The molecule has 0 aliphatic heterocycles. The summed E-state index contributed by atoms with van der Waals surface area (Å²) in [5, 5.41) is 4.55. The molecule has 0 radical (unpaired) electrons. The van der Waals surface area contributed by atoms with Crippen molar-refractivity contribution in [3.8, 4) is 0 Å². The first-order valence-corrected chi connectivity index (χ1v) is 7.65. The average Bonchev–Trinajstić information content (AvgIpc) is 2.61. The zero-order valence-corrected chi connectivity index (χ0v) is 13.8. The highest BCUT2D eigenvalue weighted by Crippen LogP contribution is 2.13. The molecule has 0 bridgehead atoms. The highest BCUT2D eigenvalue weighted by Gasteiger charge is 2.19. The summed E-state index contributed by atoms with van der Waals surface area (Å²) in [7, 11) is 0. The minimum Gasteiger partial charge on any atom is -0.451 e. The van der Waals surface area contributed by atoms with E-state index in [1.54, 1.807) is 0 Å². The number of carbonyl (C=O) groups excluding carboxylic acids is 3. The lowest BCUT2D eigenvalue weighted by Gasteiger charge is -2.14. The number of esters is 1. The van der Waals surface area contributed by atoms with Crippen molar-refractivity contribution in [3.05, 3.63) is 65.7 Å². The van der Waals surface area contributed by atoms with Crippen LogP contribution in [-0.4, -0.2) is 30.4 Å². The summed E-state index contributed by atoms with van der Waals surface area (Å²) < 4.78 is 31.4. The van der Waals surface area contributed by atoms with Crippen molar-refractivity contribution < 1.29 is 27.9 Å². The van der Waals surface area contributed by atoms with E-state index in [0.717, 1.165) is 6.07 Å². The van der Waals surface area contributed by atoms with Crippen LogP contribution >= 0.6 is 0 Å². The third-order valence-electron chi connectivity index (χ3n) is 3.29. The van der Waals surface area contributed by atoms with E-state index in [4.69, 9.17) is 4.74 Å². The zero-order chi connectivity index (χ0) is 19.1. The number of halogens is 2. The molecule has 0 fully saturated rings. The topological polar surface area (TPSA) is 84.5 Å². The van der Waals surface area contributed by atoms with Crippen LogP contribution in [-0.2, 0) is 14.3 Å². The van der Waals surface area contributed by atoms with Gasteiger partial charge in [-0.25, -0.2) is 8.78 Å². The highest BCUT2D eigenvalue weighted by atomic mass is 19.1. The fourth-order valence-electron chi connectivity index (χ4n) is 1.97. The number of anilines is 1. The van der Waals surface area contributed by atoms with Crippen LogP contribution in [0.15, 0.2) is 48.5 Å². The van der Waals surface area contributed by atoms with E-state index < -0.39 is 42.1 Å². The first kappa shape index (κ1) is 19.0. The van der Waals surface area contributed by atoms with E-state index in [9.17, 15) is 23.2 Å². The van der Waals surface area contributed by atoms with Crippen molar-refractivity contribution >= 4 is 23.5 Å². The molecule has 26 heavy (non-hydrogen) atoms. The van der Waals surface area contributed by atoms with Crippen molar-refractivity contribution in [1.82, 2.24) is 5.32 Å². The Labute approximate surface area is 148 Å². The third-order valence-corrected chi connectivity index (χ3v) is 3.29. The van der Waals surface area contributed by atoms with Gasteiger partial charge in [-0.05, 0) is 37.3 Å². The van der Waals surface area contributed by atoms with Gasteiger partial charge in [-0.15, -0.1) is 0 Å². The Balaban J connectivity index is 1.82. The number of nitrogens with one attached hydrogen (secondary N) is 2. The summed E-state index contributed by atoms with van der Waals surface area (Å²) in [4.78, 5) is 35.4. The Kier molecular flexibility index (Phi) is 6.37. The van der Waals surface area contributed by atoms with Crippen molar-refractivity contribution in [2.24, 2.45) is 0 Å². The van der Waals surface area contributed by atoms with Crippen molar-refractivity contribution in [3.63, 3.8) is 0 Å². The minimum absolute atomic E-state index is 0.0418. The van der Waals surface area contributed by atoms with Gasteiger partial charge < -0.3 is 15.4 Å². The molecule has 0 saturated carbocycles. The van der Waals surface area contributed by atoms with E-state index in [2.05, 4.69) is 10.6 Å². The number of rotatable bonds is 6. The summed E-state index contributed by atoms with van der Waals surface area (Å²) >= 11 is 0. The van der Waals surface area contributed by atoms with Crippen LogP contribution in [0.4, 0.5) is 14.5 Å². The Bertz CT molecular complexity index is 826. The molecule has 136 valence electrons. The number of hydrogen-bond donors (Lipinski definition) is 2. The normalized spacial score (nSPS) is 11.3. The largest absolute Gasteiger partial charge is 0.451 e. The smallest absolute Gasteiger partial charge is 0.326 e. The molecule has 0 aromatic heterocycles. The van der Waals surface area contributed by atoms with Gasteiger partial charge in [0.1, 0.15) is 18.2 Å². The lowest BCUT2D eigenvalue weighted by Crippen LogP contribution is -2.36. The fourth-order valence-corrected chi connectivity index (χ4v) is 1.97. The van der Waals surface area contributed by atoms with E-state index >= 15 is 0 Å². The van der Waals surface area contributed by atoms with Gasteiger partial charge in [0.05, 0.1) is 5.69 Å². The van der Waals surface area contributed by atoms with E-state index in [1.807, 2.05) is 0 Å².